The maximum Gasteiger partial charge on any atom is 0.126 e. The quantitative estimate of drug-likeness (QED) is 0.833. The summed E-state index contributed by atoms with van der Waals surface area (Å²) < 4.78 is 10.9. The molecule has 16 heavy (non-hydrogen) atoms. The summed E-state index contributed by atoms with van der Waals surface area (Å²) in [5.74, 6) is 1.70. The molecule has 0 aliphatic carbocycles. The van der Waals surface area contributed by atoms with Crippen molar-refractivity contribution in [1.29, 1.82) is 0 Å². The standard InChI is InChI=1S/C13H21NO2/c1-5-16-12-8-6-7-11(15-4)10(12)9-13(2,3)14/h6-8H,5,9,14H2,1-4H3. The van der Waals surface area contributed by atoms with Crippen molar-refractivity contribution in [2.24, 2.45) is 5.73 Å². The highest BCUT2D eigenvalue weighted by molar-refractivity contribution is 5.45. The first-order valence-electron chi connectivity index (χ1n) is 5.55. The summed E-state index contributed by atoms with van der Waals surface area (Å²) in [6.45, 7) is 6.60. The summed E-state index contributed by atoms with van der Waals surface area (Å²) >= 11 is 0. The molecule has 0 amide bonds. The van der Waals surface area contributed by atoms with Crippen molar-refractivity contribution in [3.05, 3.63) is 23.8 Å². The molecule has 0 saturated carbocycles. The molecule has 1 aromatic carbocycles. The van der Waals surface area contributed by atoms with Gasteiger partial charge in [0.1, 0.15) is 11.5 Å². The van der Waals surface area contributed by atoms with Gasteiger partial charge < -0.3 is 15.2 Å². The maximum absolute atomic E-state index is 6.05. The second kappa shape index (κ2) is 5.21. The van der Waals surface area contributed by atoms with E-state index in [-0.39, 0.29) is 5.54 Å². The second-order valence-corrected chi connectivity index (χ2v) is 4.54. The van der Waals surface area contributed by atoms with E-state index in [0.29, 0.717) is 6.61 Å². The topological polar surface area (TPSA) is 44.5 Å². The van der Waals surface area contributed by atoms with E-state index >= 15 is 0 Å². The van der Waals surface area contributed by atoms with Gasteiger partial charge in [-0.2, -0.15) is 0 Å². The number of hydrogen-bond acceptors (Lipinski definition) is 3. The number of ether oxygens (including phenoxy) is 2. The summed E-state index contributed by atoms with van der Waals surface area (Å²) in [6, 6.07) is 5.81. The van der Waals surface area contributed by atoms with E-state index in [1.54, 1.807) is 7.11 Å². The molecule has 0 bridgehead atoms. The van der Waals surface area contributed by atoms with Gasteiger partial charge in [0.25, 0.3) is 0 Å². The number of methoxy groups -OCH3 is 1. The molecule has 1 aromatic rings. The lowest BCUT2D eigenvalue weighted by Crippen LogP contribution is -2.34. The highest BCUT2D eigenvalue weighted by atomic mass is 16.5. The van der Waals surface area contributed by atoms with Gasteiger partial charge in [-0.25, -0.2) is 0 Å². The summed E-state index contributed by atoms with van der Waals surface area (Å²) in [5, 5.41) is 0. The third-order valence-electron chi connectivity index (χ3n) is 2.24. The Labute approximate surface area is 97.6 Å². The molecule has 0 saturated heterocycles. The number of nitrogens with two attached hydrogens (primary N) is 1. The van der Waals surface area contributed by atoms with Crippen LogP contribution < -0.4 is 15.2 Å². The molecule has 0 heterocycles. The van der Waals surface area contributed by atoms with Gasteiger partial charge in [0.05, 0.1) is 13.7 Å². The average Bonchev–Trinajstić information content (AvgIpc) is 2.19. The first-order chi connectivity index (χ1) is 7.48. The minimum atomic E-state index is -0.277. The number of benzene rings is 1. The molecule has 0 unspecified atom stereocenters. The lowest BCUT2D eigenvalue weighted by Gasteiger charge is -2.22. The fourth-order valence-electron chi connectivity index (χ4n) is 1.66. The van der Waals surface area contributed by atoms with Crippen molar-refractivity contribution >= 4 is 0 Å². The maximum atomic E-state index is 6.05. The van der Waals surface area contributed by atoms with Crippen LogP contribution in [-0.2, 0) is 6.42 Å². The molecule has 0 spiro atoms. The lowest BCUT2D eigenvalue weighted by molar-refractivity contribution is 0.326. The van der Waals surface area contributed by atoms with Crippen LogP contribution in [0.15, 0.2) is 18.2 Å². The van der Waals surface area contributed by atoms with Crippen LogP contribution in [0.1, 0.15) is 26.3 Å². The van der Waals surface area contributed by atoms with Gasteiger partial charge in [-0.3, -0.25) is 0 Å². The Bertz CT molecular complexity index is 342. The summed E-state index contributed by atoms with van der Waals surface area (Å²) in [6.07, 6.45) is 0.729. The molecular formula is C13H21NO2. The minimum Gasteiger partial charge on any atom is -0.496 e. The molecule has 0 atom stereocenters. The van der Waals surface area contributed by atoms with Crippen LogP contribution in [0.5, 0.6) is 11.5 Å². The molecule has 0 aromatic heterocycles. The second-order valence-electron chi connectivity index (χ2n) is 4.54. The third kappa shape index (κ3) is 3.42. The lowest BCUT2D eigenvalue weighted by atomic mass is 9.95. The molecule has 90 valence electrons. The van der Waals surface area contributed by atoms with Crippen LogP contribution >= 0.6 is 0 Å². The van der Waals surface area contributed by atoms with Gasteiger partial charge in [-0.15, -0.1) is 0 Å². The average molecular weight is 223 g/mol. The normalized spacial score (nSPS) is 11.3. The van der Waals surface area contributed by atoms with E-state index in [1.165, 1.54) is 0 Å². The van der Waals surface area contributed by atoms with Gasteiger partial charge in [0, 0.05) is 11.1 Å². The smallest absolute Gasteiger partial charge is 0.126 e. The van der Waals surface area contributed by atoms with E-state index in [4.69, 9.17) is 15.2 Å². The molecular weight excluding hydrogens is 202 g/mol. The van der Waals surface area contributed by atoms with Crippen molar-refractivity contribution in [2.45, 2.75) is 32.7 Å². The molecule has 1 rings (SSSR count). The molecule has 3 nitrogen and oxygen atoms in total. The zero-order valence-corrected chi connectivity index (χ0v) is 10.5. The summed E-state index contributed by atoms with van der Waals surface area (Å²) in [7, 11) is 1.66. The largest absolute Gasteiger partial charge is 0.496 e. The molecule has 2 N–H and O–H groups in total. The van der Waals surface area contributed by atoms with Crippen LogP contribution in [0.3, 0.4) is 0 Å². The van der Waals surface area contributed by atoms with E-state index in [9.17, 15) is 0 Å². The van der Waals surface area contributed by atoms with Crippen molar-refractivity contribution in [3.63, 3.8) is 0 Å². The highest BCUT2D eigenvalue weighted by Gasteiger charge is 2.18. The van der Waals surface area contributed by atoms with E-state index in [2.05, 4.69) is 0 Å². The van der Waals surface area contributed by atoms with Gasteiger partial charge in [0.2, 0.25) is 0 Å². The number of hydrogen-bond donors (Lipinski definition) is 1. The van der Waals surface area contributed by atoms with Crippen LogP contribution in [0.2, 0.25) is 0 Å². The fraction of sp³-hybridized carbons (Fsp3) is 0.538. The first kappa shape index (κ1) is 12.8. The predicted molar refractivity (Wildman–Crippen MR) is 66.1 cm³/mol. The molecule has 0 fully saturated rings. The Balaban J connectivity index is 3.09. The van der Waals surface area contributed by atoms with E-state index in [1.807, 2.05) is 39.0 Å². The zero-order valence-electron chi connectivity index (χ0n) is 10.5. The first-order valence-corrected chi connectivity index (χ1v) is 5.55. The Morgan fingerprint density at radius 2 is 1.88 bits per heavy atom. The van der Waals surface area contributed by atoms with E-state index < -0.39 is 0 Å². The summed E-state index contributed by atoms with van der Waals surface area (Å²) in [4.78, 5) is 0. The van der Waals surface area contributed by atoms with Gasteiger partial charge in [0.15, 0.2) is 0 Å². The zero-order chi connectivity index (χ0) is 12.2. The van der Waals surface area contributed by atoms with Gasteiger partial charge >= 0.3 is 0 Å². The van der Waals surface area contributed by atoms with Crippen LogP contribution in [0.4, 0.5) is 0 Å². The van der Waals surface area contributed by atoms with Crippen molar-refractivity contribution in [3.8, 4) is 11.5 Å². The summed E-state index contributed by atoms with van der Waals surface area (Å²) in [5.41, 5.74) is 6.81. The van der Waals surface area contributed by atoms with Gasteiger partial charge in [-0.1, -0.05) is 6.07 Å². The van der Waals surface area contributed by atoms with Crippen molar-refractivity contribution in [2.75, 3.05) is 13.7 Å². The number of rotatable bonds is 5. The van der Waals surface area contributed by atoms with Crippen LogP contribution in [0, 0.1) is 0 Å². The van der Waals surface area contributed by atoms with Crippen molar-refractivity contribution < 1.29 is 9.47 Å². The minimum absolute atomic E-state index is 0.277. The Morgan fingerprint density at radius 1 is 1.25 bits per heavy atom. The Hall–Kier alpha value is -1.22. The highest BCUT2D eigenvalue weighted by Crippen LogP contribution is 2.31. The van der Waals surface area contributed by atoms with E-state index in [0.717, 1.165) is 23.5 Å². The van der Waals surface area contributed by atoms with Crippen LogP contribution in [-0.4, -0.2) is 19.3 Å². The fourth-order valence-corrected chi connectivity index (χ4v) is 1.66. The molecule has 0 aliphatic heterocycles. The third-order valence-corrected chi connectivity index (χ3v) is 2.24. The molecule has 3 heteroatoms. The predicted octanol–water partition coefficient (Wildman–Crippen LogP) is 2.37. The monoisotopic (exact) mass is 223 g/mol. The van der Waals surface area contributed by atoms with Gasteiger partial charge in [-0.05, 0) is 39.3 Å². The van der Waals surface area contributed by atoms with Crippen molar-refractivity contribution in [1.82, 2.24) is 0 Å². The molecule has 0 radical (unpaired) electrons. The molecule has 0 aliphatic rings. The SMILES string of the molecule is CCOc1cccc(OC)c1CC(C)(C)N. The Morgan fingerprint density at radius 3 is 2.38 bits per heavy atom. The Kier molecular flexibility index (Phi) is 4.19. The van der Waals surface area contributed by atoms with Crippen LogP contribution in [0.25, 0.3) is 0 Å².